The summed E-state index contributed by atoms with van der Waals surface area (Å²) >= 11 is 8.75. The Morgan fingerprint density at radius 2 is 2.13 bits per heavy atom. The zero-order valence-electron chi connectivity index (χ0n) is 8.55. The van der Waals surface area contributed by atoms with Gasteiger partial charge in [-0.3, -0.25) is 4.57 Å². The molecule has 0 rings (SSSR count). The quantitative estimate of drug-likeness (QED) is 0.281. The third kappa shape index (κ3) is 8.43. The molecular formula is C8H17BrClN2O2P. The highest BCUT2D eigenvalue weighted by Crippen LogP contribution is 2.36. The molecule has 0 saturated heterocycles. The van der Waals surface area contributed by atoms with Crippen molar-refractivity contribution in [1.82, 2.24) is 10.2 Å². The van der Waals surface area contributed by atoms with Crippen molar-refractivity contribution in [3.8, 4) is 0 Å². The van der Waals surface area contributed by atoms with Gasteiger partial charge in [0.15, 0.2) is 0 Å². The fourth-order valence-corrected chi connectivity index (χ4v) is 2.99. The minimum absolute atomic E-state index is 0.380. The van der Waals surface area contributed by atoms with Crippen molar-refractivity contribution in [2.75, 3.05) is 30.9 Å². The highest BCUT2D eigenvalue weighted by Gasteiger charge is 2.20. The Morgan fingerprint density at radius 3 is 2.67 bits per heavy atom. The van der Waals surface area contributed by atoms with Crippen LogP contribution >= 0.6 is 35.2 Å². The van der Waals surface area contributed by atoms with E-state index in [9.17, 15) is 4.57 Å². The van der Waals surface area contributed by atoms with Gasteiger partial charge in [0.05, 0.1) is 6.61 Å². The number of alkyl halides is 2. The maximum atomic E-state index is 12.0. The van der Waals surface area contributed by atoms with Crippen molar-refractivity contribution in [1.29, 1.82) is 0 Å². The van der Waals surface area contributed by atoms with Crippen molar-refractivity contribution in [3.05, 3.63) is 12.7 Å². The van der Waals surface area contributed by atoms with E-state index in [1.165, 1.54) is 0 Å². The lowest BCUT2D eigenvalue weighted by Crippen LogP contribution is -2.27. The first-order chi connectivity index (χ1) is 7.18. The molecule has 0 bridgehead atoms. The van der Waals surface area contributed by atoms with Gasteiger partial charge >= 0.3 is 7.67 Å². The number of hydrogen-bond acceptors (Lipinski definition) is 2. The SMILES string of the molecule is C=CCCOP(=O)(NCCCl)NCCBr. The molecule has 7 heteroatoms. The van der Waals surface area contributed by atoms with Crippen LogP contribution in [0.4, 0.5) is 0 Å². The first-order valence-corrected chi connectivity index (χ1v) is 7.94. The first kappa shape index (κ1) is 15.6. The van der Waals surface area contributed by atoms with Crippen LogP contribution in [0.25, 0.3) is 0 Å². The second-order valence-electron chi connectivity index (χ2n) is 2.66. The summed E-state index contributed by atoms with van der Waals surface area (Å²) in [5.41, 5.74) is 0. The molecule has 0 aromatic carbocycles. The Bertz CT molecular complexity index is 207. The zero-order chi connectivity index (χ0) is 11.6. The monoisotopic (exact) mass is 318 g/mol. The molecule has 0 fully saturated rings. The van der Waals surface area contributed by atoms with Crippen LogP contribution in [0.5, 0.6) is 0 Å². The molecule has 0 radical (unpaired) electrons. The van der Waals surface area contributed by atoms with Gasteiger partial charge in [0, 0.05) is 24.3 Å². The van der Waals surface area contributed by atoms with Crippen molar-refractivity contribution < 1.29 is 9.09 Å². The lowest BCUT2D eigenvalue weighted by atomic mass is 10.5. The van der Waals surface area contributed by atoms with E-state index in [2.05, 4.69) is 32.7 Å². The summed E-state index contributed by atoms with van der Waals surface area (Å²) in [7, 11) is -2.94. The number of halogens is 2. The van der Waals surface area contributed by atoms with Gasteiger partial charge in [-0.1, -0.05) is 22.0 Å². The van der Waals surface area contributed by atoms with Gasteiger partial charge in [-0.05, 0) is 6.42 Å². The lowest BCUT2D eigenvalue weighted by Gasteiger charge is -2.19. The van der Waals surface area contributed by atoms with Crippen LogP contribution in [-0.4, -0.2) is 30.9 Å². The Balaban J connectivity index is 4.01. The maximum Gasteiger partial charge on any atom is 0.340 e. The molecule has 15 heavy (non-hydrogen) atoms. The largest absolute Gasteiger partial charge is 0.340 e. The van der Waals surface area contributed by atoms with E-state index in [-0.39, 0.29) is 0 Å². The molecule has 4 nitrogen and oxygen atoms in total. The third-order valence-corrected chi connectivity index (χ3v) is 3.84. The Labute approximate surface area is 104 Å². The van der Waals surface area contributed by atoms with Crippen LogP contribution in [0.15, 0.2) is 12.7 Å². The molecule has 90 valence electrons. The van der Waals surface area contributed by atoms with E-state index in [1.54, 1.807) is 6.08 Å². The van der Waals surface area contributed by atoms with Gasteiger partial charge in [-0.25, -0.2) is 10.2 Å². The van der Waals surface area contributed by atoms with Crippen molar-refractivity contribution in [2.45, 2.75) is 6.42 Å². The number of rotatable bonds is 10. The normalized spacial score (nSPS) is 14.8. The van der Waals surface area contributed by atoms with Crippen LogP contribution < -0.4 is 10.2 Å². The predicted molar refractivity (Wildman–Crippen MR) is 68.9 cm³/mol. The fraction of sp³-hybridized carbons (Fsp3) is 0.750. The number of hydrogen-bond donors (Lipinski definition) is 2. The molecule has 0 aliphatic heterocycles. The summed E-state index contributed by atoms with van der Waals surface area (Å²) in [6.07, 6.45) is 2.39. The average molecular weight is 320 g/mol. The van der Waals surface area contributed by atoms with Gasteiger partial charge in [-0.15, -0.1) is 18.2 Å². The molecule has 0 saturated carbocycles. The molecule has 0 aromatic heterocycles. The summed E-state index contributed by atoms with van der Waals surface area (Å²) in [4.78, 5) is 0. The summed E-state index contributed by atoms with van der Waals surface area (Å²) in [5, 5.41) is 6.31. The second kappa shape index (κ2) is 9.82. The van der Waals surface area contributed by atoms with Gasteiger partial charge in [0.1, 0.15) is 0 Å². The van der Waals surface area contributed by atoms with E-state index in [4.69, 9.17) is 16.1 Å². The first-order valence-electron chi connectivity index (χ1n) is 4.66. The van der Waals surface area contributed by atoms with Gasteiger partial charge in [0.25, 0.3) is 0 Å². The summed E-state index contributed by atoms with van der Waals surface area (Å²) in [5.74, 6) is 0.394. The van der Waals surface area contributed by atoms with E-state index >= 15 is 0 Å². The molecule has 0 aliphatic rings. The topological polar surface area (TPSA) is 50.4 Å². The van der Waals surface area contributed by atoms with Crippen LogP contribution in [-0.2, 0) is 9.09 Å². The van der Waals surface area contributed by atoms with Crippen LogP contribution in [0.1, 0.15) is 6.42 Å². The molecule has 1 atom stereocenters. The molecule has 0 aromatic rings. The number of nitrogens with one attached hydrogen (secondary N) is 2. The summed E-state index contributed by atoms with van der Waals surface area (Å²) in [6.45, 7) is 4.96. The van der Waals surface area contributed by atoms with Crippen LogP contribution in [0.2, 0.25) is 0 Å². The average Bonchev–Trinajstić information content (AvgIpc) is 2.24. The van der Waals surface area contributed by atoms with Gasteiger partial charge in [0.2, 0.25) is 0 Å². The predicted octanol–water partition coefficient (Wildman–Crippen LogP) is 2.50. The molecule has 0 amide bonds. The minimum atomic E-state index is -2.94. The van der Waals surface area contributed by atoms with E-state index < -0.39 is 7.67 Å². The zero-order valence-corrected chi connectivity index (χ0v) is 11.8. The molecule has 0 heterocycles. The highest BCUT2D eigenvalue weighted by atomic mass is 79.9. The molecule has 0 aliphatic carbocycles. The Hall–Kier alpha value is 0.620. The minimum Gasteiger partial charge on any atom is -0.306 e. The molecule has 0 spiro atoms. The van der Waals surface area contributed by atoms with Crippen molar-refractivity contribution >= 4 is 35.2 Å². The van der Waals surface area contributed by atoms with E-state index in [0.717, 1.165) is 0 Å². The standard InChI is InChI=1S/C8H17BrClN2O2P/c1-2-3-8-14-15(13,11-6-4-9)12-7-5-10/h2H,1,3-8H2,(H2,11,12,13). The van der Waals surface area contributed by atoms with Crippen LogP contribution in [0.3, 0.4) is 0 Å². The summed E-state index contributed by atoms with van der Waals surface area (Å²) < 4.78 is 17.3. The molecular weight excluding hydrogens is 302 g/mol. The smallest absolute Gasteiger partial charge is 0.306 e. The second-order valence-corrected chi connectivity index (χ2v) is 5.82. The maximum absolute atomic E-state index is 12.0. The Kier molecular flexibility index (Phi) is 10.2. The Morgan fingerprint density at radius 1 is 1.47 bits per heavy atom. The van der Waals surface area contributed by atoms with Gasteiger partial charge < -0.3 is 4.52 Å². The highest BCUT2D eigenvalue weighted by molar-refractivity contribution is 9.09. The lowest BCUT2D eigenvalue weighted by molar-refractivity contribution is 0.305. The fourth-order valence-electron chi connectivity index (χ4n) is 0.791. The van der Waals surface area contributed by atoms with E-state index in [1.807, 2.05) is 0 Å². The molecule has 2 N–H and O–H groups in total. The van der Waals surface area contributed by atoms with Crippen LogP contribution in [0, 0.1) is 0 Å². The van der Waals surface area contributed by atoms with Crippen molar-refractivity contribution in [2.24, 2.45) is 0 Å². The molecule has 1 unspecified atom stereocenters. The van der Waals surface area contributed by atoms with Crippen molar-refractivity contribution in [3.63, 3.8) is 0 Å². The third-order valence-electron chi connectivity index (χ3n) is 1.42. The van der Waals surface area contributed by atoms with Gasteiger partial charge in [-0.2, -0.15) is 0 Å². The van der Waals surface area contributed by atoms with E-state index in [0.29, 0.717) is 37.3 Å². The summed E-state index contributed by atoms with van der Waals surface area (Å²) in [6, 6.07) is 0.